The third-order valence-electron chi connectivity index (χ3n) is 6.41. The number of unbranched alkanes of at least 4 members (excludes halogenated alkanes) is 2. The van der Waals surface area contributed by atoms with Crippen LogP contribution in [-0.4, -0.2) is 30.6 Å². The largest absolute Gasteiger partial charge is 0.494 e. The van der Waals surface area contributed by atoms with Crippen LogP contribution in [0.2, 0.25) is 0 Å². The van der Waals surface area contributed by atoms with E-state index < -0.39 is 29.2 Å². The molecule has 0 N–H and O–H groups in total. The predicted molar refractivity (Wildman–Crippen MR) is 141 cm³/mol. The molecule has 196 valence electrons. The highest BCUT2D eigenvalue weighted by Gasteiger charge is 2.45. The topological polar surface area (TPSA) is 98.9 Å². The van der Waals surface area contributed by atoms with Gasteiger partial charge in [-0.15, -0.1) is 0 Å². The second-order valence-corrected chi connectivity index (χ2v) is 9.90. The molecule has 1 aliphatic rings. The molecule has 0 saturated heterocycles. The molecule has 10 heteroatoms. The summed E-state index contributed by atoms with van der Waals surface area (Å²) in [5.41, 5.74) is 0.667. The van der Waals surface area contributed by atoms with Crippen LogP contribution in [0.15, 0.2) is 51.7 Å². The zero-order chi connectivity index (χ0) is 27.0. The van der Waals surface area contributed by atoms with Crippen LogP contribution in [0.1, 0.15) is 69.3 Å². The monoisotopic (exact) mass is 536 g/mol. The maximum atomic E-state index is 14.0. The van der Waals surface area contributed by atoms with Crippen molar-refractivity contribution in [2.75, 3.05) is 18.6 Å². The van der Waals surface area contributed by atoms with Gasteiger partial charge in [-0.2, -0.15) is 0 Å². The fourth-order valence-electron chi connectivity index (χ4n) is 4.51. The Kier molecular flexibility index (Phi) is 6.98. The fourth-order valence-corrected chi connectivity index (χ4v) is 5.53. The van der Waals surface area contributed by atoms with Gasteiger partial charge in [0.25, 0.3) is 5.91 Å². The van der Waals surface area contributed by atoms with E-state index in [1.807, 2.05) is 0 Å². The average Bonchev–Trinajstić information content (AvgIpc) is 3.44. The van der Waals surface area contributed by atoms with Crippen LogP contribution >= 0.6 is 11.3 Å². The number of carbonyl (C=O) groups is 2. The zero-order valence-corrected chi connectivity index (χ0v) is 21.9. The number of benzene rings is 2. The number of aromatic nitrogens is 1. The molecule has 1 amide bonds. The molecular weight excluding hydrogens is 511 g/mol. The Morgan fingerprint density at radius 2 is 1.92 bits per heavy atom. The summed E-state index contributed by atoms with van der Waals surface area (Å²) < 4.78 is 30.6. The highest BCUT2D eigenvalue weighted by Crippen LogP contribution is 2.43. The van der Waals surface area contributed by atoms with Gasteiger partial charge < -0.3 is 13.9 Å². The summed E-state index contributed by atoms with van der Waals surface area (Å²) >= 11 is 0.985. The number of hydrogen-bond donors (Lipinski definition) is 0. The predicted octanol–water partition coefficient (Wildman–Crippen LogP) is 5.80. The number of nitrogens with zero attached hydrogens (tertiary/aromatic N) is 2. The smallest absolute Gasteiger partial charge is 0.350 e. The summed E-state index contributed by atoms with van der Waals surface area (Å²) in [5.74, 6) is -1.24. The summed E-state index contributed by atoms with van der Waals surface area (Å²) in [4.78, 5) is 45.7. The van der Waals surface area contributed by atoms with Gasteiger partial charge in [-0.25, -0.2) is 14.2 Å². The van der Waals surface area contributed by atoms with Crippen molar-refractivity contribution in [2.24, 2.45) is 0 Å². The van der Waals surface area contributed by atoms with E-state index in [9.17, 15) is 18.8 Å². The Morgan fingerprint density at radius 3 is 2.63 bits per heavy atom. The molecule has 5 rings (SSSR count). The minimum atomic E-state index is -0.911. The molecule has 38 heavy (non-hydrogen) atoms. The van der Waals surface area contributed by atoms with Crippen LogP contribution in [-0.2, 0) is 4.74 Å². The van der Waals surface area contributed by atoms with Crippen molar-refractivity contribution < 1.29 is 27.9 Å². The van der Waals surface area contributed by atoms with Crippen molar-refractivity contribution in [3.05, 3.63) is 86.0 Å². The number of fused-ring (bicyclic) bond motifs is 2. The second-order valence-electron chi connectivity index (χ2n) is 8.92. The first-order valence-corrected chi connectivity index (χ1v) is 13.0. The molecule has 0 saturated carbocycles. The minimum absolute atomic E-state index is 0.0323. The van der Waals surface area contributed by atoms with E-state index >= 15 is 0 Å². The molecule has 0 aliphatic carbocycles. The average molecular weight is 537 g/mol. The van der Waals surface area contributed by atoms with Gasteiger partial charge in [0.2, 0.25) is 5.76 Å². The van der Waals surface area contributed by atoms with Crippen molar-refractivity contribution >= 4 is 39.3 Å². The van der Waals surface area contributed by atoms with Crippen LogP contribution < -0.4 is 15.1 Å². The van der Waals surface area contributed by atoms with E-state index in [-0.39, 0.29) is 32.3 Å². The number of ether oxygens (including phenoxy) is 2. The van der Waals surface area contributed by atoms with E-state index in [1.165, 1.54) is 24.1 Å². The maximum absolute atomic E-state index is 14.0. The minimum Gasteiger partial charge on any atom is -0.494 e. The number of hydrogen-bond acceptors (Lipinski definition) is 8. The summed E-state index contributed by atoms with van der Waals surface area (Å²) in [6.07, 6.45) is 3.09. The Morgan fingerprint density at radius 1 is 1.16 bits per heavy atom. The number of esters is 1. The lowest BCUT2D eigenvalue weighted by Gasteiger charge is -2.22. The standard InChI is InChI=1S/C28H25FN2O6S/c1-4-5-6-13-36-18-10-7-16(8-11-18)22-21-23(32)19-14-17(29)9-12-20(19)37-24(21)26(33)31(22)28-30-15(2)25(38-28)27(34)35-3/h7-12,14,22H,4-6,13H2,1-3H3. The number of anilines is 1. The lowest BCUT2D eigenvalue weighted by Crippen LogP contribution is -2.29. The van der Waals surface area contributed by atoms with E-state index in [0.29, 0.717) is 23.6 Å². The van der Waals surface area contributed by atoms with Gasteiger partial charge in [0.15, 0.2) is 10.6 Å². The van der Waals surface area contributed by atoms with E-state index in [0.717, 1.165) is 36.7 Å². The molecule has 0 spiro atoms. The molecule has 8 nitrogen and oxygen atoms in total. The Hall–Kier alpha value is -4.05. The summed E-state index contributed by atoms with van der Waals surface area (Å²) in [6.45, 7) is 4.34. The first-order chi connectivity index (χ1) is 18.3. The number of aryl methyl sites for hydroxylation is 1. The van der Waals surface area contributed by atoms with Gasteiger partial charge >= 0.3 is 5.97 Å². The van der Waals surface area contributed by atoms with E-state index in [2.05, 4.69) is 11.9 Å². The van der Waals surface area contributed by atoms with Crippen LogP contribution in [0.25, 0.3) is 11.0 Å². The summed E-state index contributed by atoms with van der Waals surface area (Å²) in [5, 5.41) is 0.240. The number of halogens is 1. The summed E-state index contributed by atoms with van der Waals surface area (Å²) in [6, 6.07) is 9.77. The van der Waals surface area contributed by atoms with Gasteiger partial charge in [0.1, 0.15) is 22.0 Å². The molecule has 1 aliphatic heterocycles. The fraction of sp³-hybridized carbons (Fsp3) is 0.286. The van der Waals surface area contributed by atoms with Crippen molar-refractivity contribution in [1.29, 1.82) is 0 Å². The zero-order valence-electron chi connectivity index (χ0n) is 21.1. The lowest BCUT2D eigenvalue weighted by atomic mass is 9.98. The lowest BCUT2D eigenvalue weighted by molar-refractivity contribution is 0.0605. The van der Waals surface area contributed by atoms with Crippen molar-refractivity contribution in [1.82, 2.24) is 4.98 Å². The SMILES string of the molecule is CCCCCOc1ccc(C2c3c(oc4ccc(F)cc4c3=O)C(=O)N2c2nc(C)c(C(=O)OC)s2)cc1. The number of carbonyl (C=O) groups excluding carboxylic acids is 2. The van der Waals surface area contributed by atoms with E-state index in [4.69, 9.17) is 13.9 Å². The molecular formula is C28H25FN2O6S. The van der Waals surface area contributed by atoms with Gasteiger partial charge in [0, 0.05) is 0 Å². The summed E-state index contributed by atoms with van der Waals surface area (Å²) in [7, 11) is 1.26. The first-order valence-electron chi connectivity index (χ1n) is 12.2. The maximum Gasteiger partial charge on any atom is 0.350 e. The van der Waals surface area contributed by atoms with Crippen molar-refractivity contribution in [3.8, 4) is 5.75 Å². The highest BCUT2D eigenvalue weighted by atomic mass is 32.1. The number of thiazole rings is 1. The van der Waals surface area contributed by atoms with Gasteiger partial charge in [0.05, 0.1) is 36.4 Å². The van der Waals surface area contributed by atoms with Crippen LogP contribution in [0.4, 0.5) is 9.52 Å². The Bertz CT molecular complexity index is 1590. The Labute approximate surface area is 221 Å². The van der Waals surface area contributed by atoms with E-state index in [1.54, 1.807) is 31.2 Å². The Balaban J connectivity index is 1.64. The molecule has 1 unspecified atom stereocenters. The van der Waals surface area contributed by atoms with Crippen LogP contribution in [0.5, 0.6) is 5.75 Å². The van der Waals surface area contributed by atoms with Crippen molar-refractivity contribution in [2.45, 2.75) is 39.2 Å². The number of rotatable bonds is 8. The molecule has 3 heterocycles. The molecule has 0 radical (unpaired) electrons. The van der Waals surface area contributed by atoms with Gasteiger partial charge in [-0.1, -0.05) is 43.2 Å². The van der Waals surface area contributed by atoms with Crippen molar-refractivity contribution in [3.63, 3.8) is 0 Å². The molecule has 1 atom stereocenters. The van der Waals surface area contributed by atoms with Crippen LogP contribution in [0, 0.1) is 12.7 Å². The third-order valence-corrected chi connectivity index (χ3v) is 7.54. The van der Waals surface area contributed by atoms with Gasteiger partial charge in [-0.05, 0) is 49.2 Å². The molecule has 0 bridgehead atoms. The third kappa shape index (κ3) is 4.45. The van der Waals surface area contributed by atoms with Crippen LogP contribution in [0.3, 0.4) is 0 Å². The molecule has 0 fully saturated rings. The quantitative estimate of drug-likeness (QED) is 0.207. The second kappa shape index (κ2) is 10.4. The molecule has 2 aromatic carbocycles. The molecule has 4 aromatic rings. The normalized spacial score (nSPS) is 14.7. The number of amides is 1. The van der Waals surface area contributed by atoms with Gasteiger partial charge in [-0.3, -0.25) is 14.5 Å². The first kappa shape index (κ1) is 25.6. The highest BCUT2D eigenvalue weighted by molar-refractivity contribution is 7.17. The number of methoxy groups -OCH3 is 1. The molecule has 2 aromatic heterocycles.